The van der Waals surface area contributed by atoms with Gasteiger partial charge in [0.1, 0.15) is 0 Å². The Kier molecular flexibility index (Phi) is 8.59. The quantitative estimate of drug-likeness (QED) is 0.374. The molecule has 0 spiro atoms. The van der Waals surface area contributed by atoms with E-state index in [0.29, 0.717) is 36.4 Å². The number of benzene rings is 1. The standard InChI is InChI=1S/C20H22Cl2N4O2S2/c1-3-25(12-16-8-9-17(22)30-16)18(27)13-29-20-24-23-19(26(20)10-11-28-2)14-4-6-15(21)7-5-14/h4-9H,3,10-13H2,1-2H3. The van der Waals surface area contributed by atoms with Crippen LogP contribution >= 0.6 is 46.3 Å². The SMILES string of the molecule is CCN(Cc1ccc(Cl)s1)C(=O)CSc1nnc(-c2ccc(Cl)cc2)n1CCOC. The maximum absolute atomic E-state index is 12.8. The molecule has 0 saturated carbocycles. The molecule has 0 N–H and O–H groups in total. The van der Waals surface area contributed by atoms with Crippen molar-refractivity contribution in [1.29, 1.82) is 0 Å². The maximum Gasteiger partial charge on any atom is 0.233 e. The van der Waals surface area contributed by atoms with E-state index in [-0.39, 0.29) is 11.7 Å². The summed E-state index contributed by atoms with van der Waals surface area (Å²) in [7, 11) is 1.65. The summed E-state index contributed by atoms with van der Waals surface area (Å²) in [6, 6.07) is 11.2. The summed E-state index contributed by atoms with van der Waals surface area (Å²) in [5.74, 6) is 1.04. The summed E-state index contributed by atoms with van der Waals surface area (Å²) >= 11 is 14.9. The van der Waals surface area contributed by atoms with Gasteiger partial charge in [0, 0.05) is 29.1 Å². The van der Waals surface area contributed by atoms with Crippen LogP contribution in [-0.4, -0.2) is 51.6 Å². The predicted octanol–water partition coefficient (Wildman–Crippen LogP) is 5.10. The van der Waals surface area contributed by atoms with Crippen LogP contribution in [0.3, 0.4) is 0 Å². The molecule has 6 nitrogen and oxygen atoms in total. The van der Waals surface area contributed by atoms with E-state index in [9.17, 15) is 4.79 Å². The minimum atomic E-state index is 0.0429. The molecular weight excluding hydrogens is 463 g/mol. The van der Waals surface area contributed by atoms with E-state index in [1.54, 1.807) is 7.11 Å². The van der Waals surface area contributed by atoms with E-state index in [4.69, 9.17) is 27.9 Å². The van der Waals surface area contributed by atoms with E-state index in [1.807, 2.05) is 52.8 Å². The summed E-state index contributed by atoms with van der Waals surface area (Å²) in [5, 5.41) is 9.99. The van der Waals surface area contributed by atoms with Crippen molar-refractivity contribution >= 4 is 52.2 Å². The van der Waals surface area contributed by atoms with Crippen molar-refractivity contribution in [3.8, 4) is 11.4 Å². The van der Waals surface area contributed by atoms with Crippen molar-refractivity contribution in [2.45, 2.75) is 25.2 Å². The molecule has 3 rings (SSSR count). The van der Waals surface area contributed by atoms with Crippen LogP contribution in [0.5, 0.6) is 0 Å². The molecule has 1 amide bonds. The van der Waals surface area contributed by atoms with Crippen LogP contribution in [0.2, 0.25) is 9.36 Å². The number of thiophene rings is 1. The van der Waals surface area contributed by atoms with Gasteiger partial charge in [-0.3, -0.25) is 9.36 Å². The molecule has 0 bridgehead atoms. The summed E-state index contributed by atoms with van der Waals surface area (Å²) in [6.07, 6.45) is 0. The molecule has 1 aromatic carbocycles. The van der Waals surface area contributed by atoms with Crippen molar-refractivity contribution in [3.05, 3.63) is 50.6 Å². The fourth-order valence-corrected chi connectivity index (χ4v) is 4.91. The van der Waals surface area contributed by atoms with Crippen LogP contribution in [0.4, 0.5) is 0 Å². The highest BCUT2D eigenvalue weighted by Crippen LogP contribution is 2.26. The van der Waals surface area contributed by atoms with Crippen LogP contribution in [0.15, 0.2) is 41.6 Å². The molecule has 10 heteroatoms. The Bertz CT molecular complexity index is 976. The number of rotatable bonds is 10. The smallest absolute Gasteiger partial charge is 0.233 e. The van der Waals surface area contributed by atoms with E-state index < -0.39 is 0 Å². The molecule has 2 aromatic heterocycles. The van der Waals surface area contributed by atoms with Crippen molar-refractivity contribution in [2.75, 3.05) is 26.0 Å². The second kappa shape index (κ2) is 11.2. The van der Waals surface area contributed by atoms with Crippen molar-refractivity contribution < 1.29 is 9.53 Å². The molecule has 0 saturated heterocycles. The third-order valence-electron chi connectivity index (χ3n) is 4.37. The van der Waals surface area contributed by atoms with Gasteiger partial charge in [0.15, 0.2) is 11.0 Å². The first-order valence-electron chi connectivity index (χ1n) is 9.34. The number of halogens is 2. The van der Waals surface area contributed by atoms with Gasteiger partial charge in [0.05, 0.1) is 29.8 Å². The number of aromatic nitrogens is 3. The van der Waals surface area contributed by atoms with Gasteiger partial charge in [0.25, 0.3) is 0 Å². The number of nitrogens with zero attached hydrogens (tertiary/aromatic N) is 4. The van der Waals surface area contributed by atoms with E-state index in [0.717, 1.165) is 20.6 Å². The molecular formula is C20H22Cl2N4O2S2. The van der Waals surface area contributed by atoms with Crippen LogP contribution in [0.1, 0.15) is 11.8 Å². The van der Waals surface area contributed by atoms with Gasteiger partial charge in [-0.25, -0.2) is 0 Å². The molecule has 0 aliphatic carbocycles. The van der Waals surface area contributed by atoms with Gasteiger partial charge in [-0.2, -0.15) is 0 Å². The van der Waals surface area contributed by atoms with E-state index in [2.05, 4.69) is 10.2 Å². The second-order valence-corrected chi connectivity index (χ2v) is 9.54. The number of methoxy groups -OCH3 is 1. The van der Waals surface area contributed by atoms with Crippen molar-refractivity contribution in [3.63, 3.8) is 0 Å². The van der Waals surface area contributed by atoms with Gasteiger partial charge < -0.3 is 9.64 Å². The number of ether oxygens (including phenoxy) is 1. The first-order valence-corrected chi connectivity index (χ1v) is 11.9. The topological polar surface area (TPSA) is 60.2 Å². The second-order valence-electron chi connectivity index (χ2n) is 6.36. The number of hydrogen-bond donors (Lipinski definition) is 0. The fraction of sp³-hybridized carbons (Fsp3) is 0.350. The average Bonchev–Trinajstić information content (AvgIpc) is 3.34. The lowest BCUT2D eigenvalue weighted by Gasteiger charge is -2.20. The largest absolute Gasteiger partial charge is 0.383 e. The summed E-state index contributed by atoms with van der Waals surface area (Å²) in [4.78, 5) is 15.7. The monoisotopic (exact) mass is 484 g/mol. The molecule has 30 heavy (non-hydrogen) atoms. The van der Waals surface area contributed by atoms with Crippen molar-refractivity contribution in [1.82, 2.24) is 19.7 Å². The molecule has 3 aromatic rings. The lowest BCUT2D eigenvalue weighted by Crippen LogP contribution is -2.31. The Labute approximate surface area is 194 Å². The highest BCUT2D eigenvalue weighted by Gasteiger charge is 2.18. The Hall–Kier alpha value is -1.58. The highest BCUT2D eigenvalue weighted by atomic mass is 35.5. The third kappa shape index (κ3) is 5.98. The van der Waals surface area contributed by atoms with E-state index in [1.165, 1.54) is 23.1 Å². The Morgan fingerprint density at radius 3 is 2.60 bits per heavy atom. The lowest BCUT2D eigenvalue weighted by atomic mass is 10.2. The first-order chi connectivity index (χ1) is 14.5. The minimum Gasteiger partial charge on any atom is -0.383 e. The normalized spacial score (nSPS) is 11.1. The zero-order valence-corrected chi connectivity index (χ0v) is 19.8. The van der Waals surface area contributed by atoms with Crippen LogP contribution < -0.4 is 0 Å². The number of hydrogen-bond acceptors (Lipinski definition) is 6. The van der Waals surface area contributed by atoms with Crippen molar-refractivity contribution in [2.24, 2.45) is 0 Å². The van der Waals surface area contributed by atoms with Gasteiger partial charge in [0.2, 0.25) is 5.91 Å². The number of carbonyl (C=O) groups excluding carboxylic acids is 1. The zero-order chi connectivity index (χ0) is 21.5. The Morgan fingerprint density at radius 2 is 1.97 bits per heavy atom. The average molecular weight is 485 g/mol. The molecule has 0 aliphatic heterocycles. The molecule has 2 heterocycles. The van der Waals surface area contributed by atoms with Crippen LogP contribution in [0.25, 0.3) is 11.4 Å². The molecule has 0 fully saturated rings. The highest BCUT2D eigenvalue weighted by molar-refractivity contribution is 7.99. The van der Waals surface area contributed by atoms with Gasteiger partial charge in [-0.1, -0.05) is 35.0 Å². The van der Waals surface area contributed by atoms with Crippen LogP contribution in [-0.2, 0) is 22.6 Å². The predicted molar refractivity (Wildman–Crippen MR) is 123 cm³/mol. The number of carbonyl (C=O) groups is 1. The molecule has 0 radical (unpaired) electrons. The third-order valence-corrected chi connectivity index (χ3v) is 6.79. The first kappa shape index (κ1) is 23.1. The van der Waals surface area contributed by atoms with E-state index >= 15 is 0 Å². The molecule has 0 unspecified atom stereocenters. The minimum absolute atomic E-state index is 0.0429. The molecule has 0 atom stereocenters. The summed E-state index contributed by atoms with van der Waals surface area (Å²) < 4.78 is 7.94. The number of thioether (sulfide) groups is 1. The summed E-state index contributed by atoms with van der Waals surface area (Å²) in [6.45, 7) is 4.25. The lowest BCUT2D eigenvalue weighted by molar-refractivity contribution is -0.128. The summed E-state index contributed by atoms with van der Waals surface area (Å²) in [5.41, 5.74) is 0.908. The van der Waals surface area contributed by atoms with Gasteiger partial charge in [-0.05, 0) is 43.3 Å². The van der Waals surface area contributed by atoms with Gasteiger partial charge >= 0.3 is 0 Å². The fourth-order valence-electron chi connectivity index (χ4n) is 2.81. The molecule has 160 valence electrons. The van der Waals surface area contributed by atoms with Crippen LogP contribution in [0, 0.1) is 0 Å². The maximum atomic E-state index is 12.8. The zero-order valence-electron chi connectivity index (χ0n) is 16.7. The number of amides is 1. The Balaban J connectivity index is 1.71. The molecule has 0 aliphatic rings. The Morgan fingerprint density at radius 1 is 1.20 bits per heavy atom. The van der Waals surface area contributed by atoms with Gasteiger partial charge in [-0.15, -0.1) is 21.5 Å².